The number of hydrogen-bond acceptors (Lipinski definition) is 4. The van der Waals surface area contributed by atoms with Crippen LogP contribution in [-0.2, 0) is 9.59 Å². The Labute approximate surface area is 140 Å². The summed E-state index contributed by atoms with van der Waals surface area (Å²) in [4.78, 5) is 27.8. The maximum Gasteiger partial charge on any atom is 0.239 e. The van der Waals surface area contributed by atoms with E-state index in [-0.39, 0.29) is 24.4 Å². The lowest BCUT2D eigenvalue weighted by Crippen LogP contribution is -2.54. The van der Waals surface area contributed by atoms with Gasteiger partial charge in [-0.15, -0.1) is 0 Å². The van der Waals surface area contributed by atoms with Crippen LogP contribution in [0.3, 0.4) is 0 Å². The second-order valence-corrected chi connectivity index (χ2v) is 6.35. The molecule has 0 spiro atoms. The van der Waals surface area contributed by atoms with Crippen LogP contribution in [0.25, 0.3) is 0 Å². The van der Waals surface area contributed by atoms with E-state index >= 15 is 0 Å². The van der Waals surface area contributed by atoms with Gasteiger partial charge < -0.3 is 15.5 Å². The van der Waals surface area contributed by atoms with E-state index in [4.69, 9.17) is 11.6 Å². The molecule has 2 aliphatic heterocycles. The Morgan fingerprint density at radius 3 is 2.96 bits per heavy atom. The van der Waals surface area contributed by atoms with Crippen molar-refractivity contribution in [2.45, 2.75) is 6.04 Å². The first-order chi connectivity index (χ1) is 11.1. The maximum atomic E-state index is 12.5. The average molecular weight is 337 g/mol. The van der Waals surface area contributed by atoms with Gasteiger partial charge in [-0.2, -0.15) is 0 Å². The molecule has 1 aromatic carbocycles. The molecule has 0 aliphatic carbocycles. The highest BCUT2D eigenvalue weighted by molar-refractivity contribution is 6.30. The summed E-state index contributed by atoms with van der Waals surface area (Å²) >= 11 is 6.10. The van der Waals surface area contributed by atoms with Gasteiger partial charge in [0.2, 0.25) is 11.8 Å². The van der Waals surface area contributed by atoms with Gasteiger partial charge in [-0.25, -0.2) is 0 Å². The molecule has 2 N–H and O–H groups in total. The number of carbonyl (C=O) groups is 2. The van der Waals surface area contributed by atoms with Gasteiger partial charge in [-0.05, 0) is 17.7 Å². The summed E-state index contributed by atoms with van der Waals surface area (Å²) < 4.78 is 0. The van der Waals surface area contributed by atoms with E-state index in [2.05, 4.69) is 15.5 Å². The summed E-state index contributed by atoms with van der Waals surface area (Å²) in [5, 5.41) is 6.81. The highest BCUT2D eigenvalue weighted by atomic mass is 35.5. The van der Waals surface area contributed by atoms with E-state index in [1.165, 1.54) is 0 Å². The highest BCUT2D eigenvalue weighted by Crippen LogP contribution is 2.24. The van der Waals surface area contributed by atoms with Gasteiger partial charge in [0, 0.05) is 43.8 Å². The fourth-order valence-electron chi connectivity index (χ4n) is 3.10. The molecule has 0 bridgehead atoms. The number of rotatable bonds is 3. The van der Waals surface area contributed by atoms with Crippen LogP contribution in [0.15, 0.2) is 24.3 Å². The molecule has 2 fully saturated rings. The van der Waals surface area contributed by atoms with Gasteiger partial charge >= 0.3 is 0 Å². The third-order valence-corrected chi connectivity index (χ3v) is 4.55. The van der Waals surface area contributed by atoms with Crippen molar-refractivity contribution < 1.29 is 9.59 Å². The van der Waals surface area contributed by atoms with E-state index in [9.17, 15) is 9.59 Å². The van der Waals surface area contributed by atoms with E-state index in [0.29, 0.717) is 24.7 Å². The Hall–Kier alpha value is -1.63. The molecule has 2 aliphatic rings. The molecular formula is C16H21ClN4O2. The van der Waals surface area contributed by atoms with Crippen molar-refractivity contribution >= 4 is 23.4 Å². The maximum absolute atomic E-state index is 12.5. The van der Waals surface area contributed by atoms with Crippen LogP contribution in [0.2, 0.25) is 5.02 Å². The third kappa shape index (κ3) is 4.02. The van der Waals surface area contributed by atoms with Crippen LogP contribution in [0, 0.1) is 0 Å². The number of amides is 2. The zero-order chi connectivity index (χ0) is 16.2. The zero-order valence-corrected chi connectivity index (χ0v) is 13.7. The number of piperazine rings is 2. The van der Waals surface area contributed by atoms with Crippen LogP contribution in [-0.4, -0.2) is 67.4 Å². The summed E-state index contributed by atoms with van der Waals surface area (Å²) in [6.45, 7) is 4.03. The van der Waals surface area contributed by atoms with Gasteiger partial charge in [-0.1, -0.05) is 23.7 Å². The minimum Gasteiger partial charge on any atom is -0.353 e. The number of nitrogens with one attached hydrogen (secondary N) is 2. The number of carbonyl (C=O) groups excluding carboxylic acids is 2. The molecule has 2 amide bonds. The molecule has 2 heterocycles. The average Bonchev–Trinajstić information content (AvgIpc) is 2.55. The van der Waals surface area contributed by atoms with Gasteiger partial charge in [-0.3, -0.25) is 14.5 Å². The Kier molecular flexibility index (Phi) is 5.15. The molecular weight excluding hydrogens is 316 g/mol. The number of halogens is 1. The molecule has 124 valence electrons. The van der Waals surface area contributed by atoms with E-state index in [1.54, 1.807) is 4.90 Å². The topological polar surface area (TPSA) is 64.7 Å². The molecule has 1 aromatic rings. The lowest BCUT2D eigenvalue weighted by atomic mass is 10.0. The van der Waals surface area contributed by atoms with Crippen molar-refractivity contribution in [1.29, 1.82) is 0 Å². The van der Waals surface area contributed by atoms with Gasteiger partial charge in [0.15, 0.2) is 0 Å². The quantitative estimate of drug-likeness (QED) is 0.830. The molecule has 0 saturated carbocycles. The predicted octanol–water partition coefficient (Wildman–Crippen LogP) is 0.245. The second kappa shape index (κ2) is 7.29. The number of nitrogens with zero attached hydrogens (tertiary/aromatic N) is 2. The Morgan fingerprint density at radius 1 is 1.30 bits per heavy atom. The number of benzene rings is 1. The van der Waals surface area contributed by atoms with Crippen molar-refractivity contribution in [2.75, 3.05) is 45.8 Å². The van der Waals surface area contributed by atoms with Crippen LogP contribution >= 0.6 is 11.6 Å². The first-order valence-electron chi connectivity index (χ1n) is 7.88. The Balaban J connectivity index is 1.69. The summed E-state index contributed by atoms with van der Waals surface area (Å²) in [5.41, 5.74) is 1.11. The van der Waals surface area contributed by atoms with Crippen molar-refractivity contribution in [1.82, 2.24) is 20.4 Å². The third-order valence-electron chi connectivity index (χ3n) is 4.32. The van der Waals surface area contributed by atoms with Gasteiger partial charge in [0.1, 0.15) is 0 Å². The lowest BCUT2D eigenvalue weighted by Gasteiger charge is -2.37. The fraction of sp³-hybridized carbons (Fsp3) is 0.500. The molecule has 2 saturated heterocycles. The highest BCUT2D eigenvalue weighted by Gasteiger charge is 2.28. The van der Waals surface area contributed by atoms with Crippen LogP contribution < -0.4 is 10.6 Å². The van der Waals surface area contributed by atoms with Crippen molar-refractivity contribution in [3.8, 4) is 0 Å². The predicted molar refractivity (Wildman–Crippen MR) is 88.2 cm³/mol. The van der Waals surface area contributed by atoms with Crippen LogP contribution in [0.5, 0.6) is 0 Å². The van der Waals surface area contributed by atoms with Crippen molar-refractivity contribution in [3.63, 3.8) is 0 Å². The molecule has 3 rings (SSSR count). The first-order valence-corrected chi connectivity index (χ1v) is 8.26. The number of hydrogen-bond donors (Lipinski definition) is 2. The largest absolute Gasteiger partial charge is 0.353 e. The first kappa shape index (κ1) is 16.2. The molecule has 7 heteroatoms. The van der Waals surface area contributed by atoms with Gasteiger partial charge in [0.25, 0.3) is 0 Å². The smallest absolute Gasteiger partial charge is 0.239 e. The zero-order valence-electron chi connectivity index (χ0n) is 12.9. The summed E-state index contributed by atoms with van der Waals surface area (Å²) in [6.07, 6.45) is 0. The second-order valence-electron chi connectivity index (χ2n) is 5.91. The standard InChI is InChI=1S/C16H21ClN4O2/c17-13-3-1-2-12(8-13)14-9-18-4-6-20(14)11-16(23)21-7-5-19-15(22)10-21/h1-3,8,14,18H,4-7,9-11H2,(H,19,22). The molecule has 0 aromatic heterocycles. The van der Waals surface area contributed by atoms with Crippen molar-refractivity contribution in [3.05, 3.63) is 34.9 Å². The minimum atomic E-state index is -0.0868. The van der Waals surface area contributed by atoms with Crippen molar-refractivity contribution in [2.24, 2.45) is 0 Å². The van der Waals surface area contributed by atoms with E-state index < -0.39 is 0 Å². The van der Waals surface area contributed by atoms with Gasteiger partial charge in [0.05, 0.1) is 13.1 Å². The Morgan fingerprint density at radius 2 is 2.17 bits per heavy atom. The fourth-order valence-corrected chi connectivity index (χ4v) is 3.30. The van der Waals surface area contributed by atoms with E-state index in [0.717, 1.165) is 25.2 Å². The monoisotopic (exact) mass is 336 g/mol. The molecule has 1 atom stereocenters. The molecule has 23 heavy (non-hydrogen) atoms. The normalized spacial score (nSPS) is 22.7. The molecule has 6 nitrogen and oxygen atoms in total. The van der Waals surface area contributed by atoms with Crippen LogP contribution in [0.1, 0.15) is 11.6 Å². The molecule has 1 unspecified atom stereocenters. The lowest BCUT2D eigenvalue weighted by molar-refractivity contribution is -0.139. The SMILES string of the molecule is O=C1CN(C(=O)CN2CCNCC2c2cccc(Cl)c2)CCN1. The minimum absolute atomic E-state index is 0.00813. The summed E-state index contributed by atoms with van der Waals surface area (Å²) in [5.74, 6) is -0.0786. The van der Waals surface area contributed by atoms with E-state index in [1.807, 2.05) is 24.3 Å². The Bertz CT molecular complexity index is 595. The molecule has 0 radical (unpaired) electrons. The van der Waals surface area contributed by atoms with Crippen LogP contribution in [0.4, 0.5) is 0 Å². The summed E-state index contributed by atoms with van der Waals surface area (Å²) in [7, 11) is 0. The summed E-state index contributed by atoms with van der Waals surface area (Å²) in [6, 6.07) is 7.88.